The van der Waals surface area contributed by atoms with Crippen LogP contribution in [0.15, 0.2) is 24.3 Å². The zero-order chi connectivity index (χ0) is 13.5. The lowest BCUT2D eigenvalue weighted by Crippen LogP contribution is -2.26. The zero-order valence-corrected chi connectivity index (χ0v) is 13.3. The largest absolute Gasteiger partial charge is 0.314 e. The van der Waals surface area contributed by atoms with Crippen LogP contribution in [0.4, 0.5) is 0 Å². The maximum atomic E-state index is 6.07. The van der Waals surface area contributed by atoms with E-state index in [0.29, 0.717) is 0 Å². The molecular formula is C16H24ClNS. The molecule has 1 fully saturated rings. The normalized spacial score (nSPS) is 16.5. The lowest BCUT2D eigenvalue weighted by atomic mass is 9.97. The summed E-state index contributed by atoms with van der Waals surface area (Å²) in [6.45, 7) is 3.39. The molecule has 0 spiro atoms. The van der Waals surface area contributed by atoms with Gasteiger partial charge >= 0.3 is 0 Å². The summed E-state index contributed by atoms with van der Waals surface area (Å²) in [5.41, 5.74) is 1.37. The smallest absolute Gasteiger partial charge is 0.0408 e. The Morgan fingerprint density at radius 3 is 2.95 bits per heavy atom. The van der Waals surface area contributed by atoms with Gasteiger partial charge in [0.2, 0.25) is 0 Å². The Kier molecular flexibility index (Phi) is 6.55. The van der Waals surface area contributed by atoms with Crippen LogP contribution in [-0.4, -0.2) is 24.1 Å². The predicted molar refractivity (Wildman–Crippen MR) is 87.3 cm³/mol. The summed E-state index contributed by atoms with van der Waals surface area (Å²) in [4.78, 5) is 0. The Balaban J connectivity index is 1.83. The van der Waals surface area contributed by atoms with Crippen molar-refractivity contribution in [3.63, 3.8) is 0 Å². The number of rotatable bonds is 9. The Labute approximate surface area is 126 Å². The number of benzene rings is 1. The van der Waals surface area contributed by atoms with Crippen molar-refractivity contribution >= 4 is 23.4 Å². The number of thioether (sulfide) groups is 1. The second-order valence-corrected chi connectivity index (χ2v) is 7.20. The molecule has 1 unspecified atom stereocenters. The standard InChI is InChI=1S/C16H24ClNS/c1-2-19-9-8-14(12-18-16-6-7-16)10-13-4-3-5-15(17)11-13/h3-5,11,14,16,18H,2,6-10,12H2,1H3. The van der Waals surface area contributed by atoms with Crippen LogP contribution < -0.4 is 5.32 Å². The molecule has 1 atom stereocenters. The van der Waals surface area contributed by atoms with Gasteiger partial charge in [-0.25, -0.2) is 0 Å². The molecule has 1 aliphatic carbocycles. The van der Waals surface area contributed by atoms with Crippen LogP contribution in [0.3, 0.4) is 0 Å². The van der Waals surface area contributed by atoms with Gasteiger partial charge in [0.1, 0.15) is 0 Å². The number of hydrogen-bond acceptors (Lipinski definition) is 2. The molecule has 1 aliphatic rings. The van der Waals surface area contributed by atoms with Gasteiger partial charge in [-0.15, -0.1) is 0 Å². The Morgan fingerprint density at radius 1 is 1.42 bits per heavy atom. The van der Waals surface area contributed by atoms with E-state index in [1.807, 2.05) is 17.8 Å². The van der Waals surface area contributed by atoms with Crippen molar-refractivity contribution in [2.24, 2.45) is 5.92 Å². The average molecular weight is 298 g/mol. The van der Waals surface area contributed by atoms with Crippen LogP contribution in [-0.2, 0) is 6.42 Å². The van der Waals surface area contributed by atoms with E-state index < -0.39 is 0 Å². The van der Waals surface area contributed by atoms with E-state index >= 15 is 0 Å². The average Bonchev–Trinajstić information content (AvgIpc) is 3.20. The fraction of sp³-hybridized carbons (Fsp3) is 0.625. The van der Waals surface area contributed by atoms with E-state index in [2.05, 4.69) is 30.4 Å². The van der Waals surface area contributed by atoms with Gasteiger partial charge < -0.3 is 5.32 Å². The maximum absolute atomic E-state index is 6.07. The molecule has 3 heteroatoms. The summed E-state index contributed by atoms with van der Waals surface area (Å²) in [5.74, 6) is 3.23. The minimum atomic E-state index is 0.734. The molecule has 19 heavy (non-hydrogen) atoms. The summed E-state index contributed by atoms with van der Waals surface area (Å²) in [6, 6.07) is 9.13. The van der Waals surface area contributed by atoms with Gasteiger partial charge in [-0.3, -0.25) is 0 Å². The van der Waals surface area contributed by atoms with E-state index in [4.69, 9.17) is 11.6 Å². The molecule has 0 bridgehead atoms. The monoisotopic (exact) mass is 297 g/mol. The van der Waals surface area contributed by atoms with Gasteiger partial charge in [0, 0.05) is 11.1 Å². The van der Waals surface area contributed by atoms with Gasteiger partial charge in [0.05, 0.1) is 0 Å². The van der Waals surface area contributed by atoms with Crippen molar-refractivity contribution in [3.05, 3.63) is 34.9 Å². The van der Waals surface area contributed by atoms with Crippen LogP contribution in [0.25, 0.3) is 0 Å². The molecule has 0 aliphatic heterocycles. The van der Waals surface area contributed by atoms with Crippen LogP contribution in [0.5, 0.6) is 0 Å². The van der Waals surface area contributed by atoms with E-state index in [0.717, 1.165) is 29.9 Å². The highest BCUT2D eigenvalue weighted by atomic mass is 35.5. The van der Waals surface area contributed by atoms with Crippen LogP contribution in [0, 0.1) is 5.92 Å². The number of halogens is 1. The molecule has 2 rings (SSSR count). The predicted octanol–water partition coefficient (Wildman–Crippen LogP) is 4.39. The lowest BCUT2D eigenvalue weighted by Gasteiger charge is -2.17. The quantitative estimate of drug-likeness (QED) is 0.678. The molecule has 1 saturated carbocycles. The third-order valence-electron chi connectivity index (χ3n) is 3.56. The summed E-state index contributed by atoms with van der Waals surface area (Å²) >= 11 is 8.12. The van der Waals surface area contributed by atoms with Crippen molar-refractivity contribution in [2.75, 3.05) is 18.1 Å². The highest BCUT2D eigenvalue weighted by Gasteiger charge is 2.21. The highest BCUT2D eigenvalue weighted by molar-refractivity contribution is 7.99. The van der Waals surface area contributed by atoms with Crippen molar-refractivity contribution < 1.29 is 0 Å². The summed E-state index contributed by atoms with van der Waals surface area (Å²) in [5, 5.41) is 4.53. The van der Waals surface area contributed by atoms with Crippen LogP contribution in [0.1, 0.15) is 31.7 Å². The Bertz CT molecular complexity index is 379. The Morgan fingerprint density at radius 2 is 2.26 bits per heavy atom. The molecule has 0 saturated heterocycles. The molecular weight excluding hydrogens is 274 g/mol. The molecule has 106 valence electrons. The van der Waals surface area contributed by atoms with Crippen LogP contribution in [0.2, 0.25) is 5.02 Å². The first kappa shape index (κ1) is 15.2. The molecule has 1 nitrogen and oxygen atoms in total. The summed E-state index contributed by atoms with van der Waals surface area (Å²) < 4.78 is 0. The molecule has 0 amide bonds. The molecule has 1 N–H and O–H groups in total. The van der Waals surface area contributed by atoms with Gasteiger partial charge in [0.25, 0.3) is 0 Å². The third-order valence-corrected chi connectivity index (χ3v) is 4.73. The fourth-order valence-electron chi connectivity index (χ4n) is 2.29. The summed E-state index contributed by atoms with van der Waals surface area (Å²) in [7, 11) is 0. The number of nitrogens with one attached hydrogen (secondary N) is 1. The highest BCUT2D eigenvalue weighted by Crippen LogP contribution is 2.22. The number of hydrogen-bond donors (Lipinski definition) is 1. The van der Waals surface area contributed by atoms with Crippen molar-refractivity contribution in [2.45, 2.75) is 38.6 Å². The molecule has 1 aromatic rings. The second-order valence-electron chi connectivity index (χ2n) is 5.37. The molecule has 0 heterocycles. The van der Waals surface area contributed by atoms with Gasteiger partial charge in [0.15, 0.2) is 0 Å². The first-order valence-electron chi connectivity index (χ1n) is 7.33. The summed E-state index contributed by atoms with van der Waals surface area (Å²) in [6.07, 6.45) is 5.18. The van der Waals surface area contributed by atoms with Gasteiger partial charge in [-0.05, 0) is 67.3 Å². The van der Waals surface area contributed by atoms with Gasteiger partial charge in [-0.1, -0.05) is 30.7 Å². The van der Waals surface area contributed by atoms with Crippen molar-refractivity contribution in [1.29, 1.82) is 0 Å². The molecule has 0 radical (unpaired) electrons. The topological polar surface area (TPSA) is 12.0 Å². The lowest BCUT2D eigenvalue weighted by molar-refractivity contribution is 0.461. The van der Waals surface area contributed by atoms with Crippen molar-refractivity contribution in [1.82, 2.24) is 5.32 Å². The minimum Gasteiger partial charge on any atom is -0.314 e. The second kappa shape index (κ2) is 8.18. The first-order valence-corrected chi connectivity index (χ1v) is 8.86. The van der Waals surface area contributed by atoms with Gasteiger partial charge in [-0.2, -0.15) is 11.8 Å². The maximum Gasteiger partial charge on any atom is 0.0408 e. The van der Waals surface area contributed by atoms with E-state index in [-0.39, 0.29) is 0 Å². The SMILES string of the molecule is CCSCCC(CNC1CC1)Cc1cccc(Cl)c1. The minimum absolute atomic E-state index is 0.734. The molecule has 1 aromatic carbocycles. The first-order chi connectivity index (χ1) is 9.28. The van der Waals surface area contributed by atoms with E-state index in [1.54, 1.807) is 0 Å². The van der Waals surface area contributed by atoms with Crippen molar-refractivity contribution in [3.8, 4) is 0 Å². The zero-order valence-electron chi connectivity index (χ0n) is 11.7. The van der Waals surface area contributed by atoms with E-state index in [9.17, 15) is 0 Å². The third kappa shape index (κ3) is 6.20. The van der Waals surface area contributed by atoms with Crippen LogP contribution >= 0.6 is 23.4 Å². The molecule has 0 aromatic heterocycles. The van der Waals surface area contributed by atoms with E-state index in [1.165, 1.54) is 36.3 Å². The fourth-order valence-corrected chi connectivity index (χ4v) is 3.29. The Hall–Kier alpha value is -0.180.